The number of benzene rings is 2. The van der Waals surface area contributed by atoms with E-state index in [2.05, 4.69) is 4.98 Å². The number of rotatable bonds is 10. The summed E-state index contributed by atoms with van der Waals surface area (Å²) in [4.78, 5) is 15.4. The van der Waals surface area contributed by atoms with Gasteiger partial charge in [0.2, 0.25) is 0 Å². The number of anilines is 1. The maximum Gasteiger partial charge on any atom is 0.351 e. The van der Waals surface area contributed by atoms with Crippen LogP contribution >= 0.6 is 0 Å². The molecule has 0 fully saturated rings. The minimum Gasteiger partial charge on any atom is -0.467 e. The smallest absolute Gasteiger partial charge is 0.351 e. The molecule has 0 bridgehead atoms. The standard InChI is InChI=1S/C21H23F2N3O5/c1-14(27)21(23,31-19(11-22)26-10-9-18(24)25-20(26)28)12-29-13-30-17-8-4-6-15-5-2-3-7-16(15)17/h2-10,14,19,27H,11-13H2,1H3,(H2,24,25,28)/t14-,19+,21+/m0/s1. The molecule has 8 nitrogen and oxygen atoms in total. The fourth-order valence-corrected chi connectivity index (χ4v) is 2.89. The Bertz CT molecular complexity index is 1070. The first-order chi connectivity index (χ1) is 14.8. The zero-order valence-electron chi connectivity index (χ0n) is 16.8. The molecular formula is C21H23F2N3O5. The van der Waals surface area contributed by atoms with E-state index >= 15 is 4.39 Å². The second-order valence-electron chi connectivity index (χ2n) is 6.82. The molecule has 31 heavy (non-hydrogen) atoms. The SMILES string of the molecule is C[C@H](O)[C@@](F)(COCOc1cccc2ccccc12)O[C@H](CF)n1ccc(N)nc1=O. The van der Waals surface area contributed by atoms with Gasteiger partial charge in [-0.15, -0.1) is 0 Å². The fraction of sp³-hybridized carbons (Fsp3) is 0.333. The highest BCUT2D eigenvalue weighted by Gasteiger charge is 2.40. The van der Waals surface area contributed by atoms with E-state index in [0.717, 1.165) is 28.5 Å². The number of halogens is 2. The lowest BCUT2D eigenvalue weighted by Gasteiger charge is -2.31. The molecule has 3 aromatic rings. The van der Waals surface area contributed by atoms with Crippen LogP contribution < -0.4 is 16.2 Å². The predicted octanol–water partition coefficient (Wildman–Crippen LogP) is 2.56. The Morgan fingerprint density at radius 1 is 1.23 bits per heavy atom. The molecule has 0 saturated heterocycles. The molecular weight excluding hydrogens is 412 g/mol. The third-order valence-electron chi connectivity index (χ3n) is 4.60. The third-order valence-corrected chi connectivity index (χ3v) is 4.60. The molecule has 0 amide bonds. The maximum atomic E-state index is 15.2. The quantitative estimate of drug-likeness (QED) is 0.372. The molecule has 2 aromatic carbocycles. The summed E-state index contributed by atoms with van der Waals surface area (Å²) in [5.41, 5.74) is 4.48. The normalized spacial score (nSPS) is 15.4. The van der Waals surface area contributed by atoms with E-state index in [1.165, 1.54) is 6.07 Å². The van der Waals surface area contributed by atoms with Gasteiger partial charge in [-0.3, -0.25) is 4.57 Å². The largest absolute Gasteiger partial charge is 0.467 e. The first kappa shape index (κ1) is 22.6. The zero-order chi connectivity index (χ0) is 22.4. The lowest BCUT2D eigenvalue weighted by Crippen LogP contribution is -2.47. The highest BCUT2D eigenvalue weighted by atomic mass is 19.2. The third kappa shape index (κ3) is 5.35. The second-order valence-corrected chi connectivity index (χ2v) is 6.82. The molecule has 1 heterocycles. The average molecular weight is 435 g/mol. The first-order valence-electron chi connectivity index (χ1n) is 9.48. The van der Waals surface area contributed by atoms with Crippen molar-refractivity contribution in [1.29, 1.82) is 0 Å². The molecule has 10 heteroatoms. The molecule has 0 spiro atoms. The summed E-state index contributed by atoms with van der Waals surface area (Å²) in [6, 6.07) is 14.2. The first-order valence-corrected chi connectivity index (χ1v) is 9.48. The molecule has 3 N–H and O–H groups in total. The Kier molecular flexibility index (Phi) is 7.16. The number of aromatic nitrogens is 2. The molecule has 1 aromatic heterocycles. The van der Waals surface area contributed by atoms with Crippen molar-refractivity contribution in [2.75, 3.05) is 25.8 Å². The van der Waals surface area contributed by atoms with Crippen LogP contribution in [0, 0.1) is 0 Å². The number of alkyl halides is 2. The van der Waals surface area contributed by atoms with Crippen molar-refractivity contribution >= 4 is 16.6 Å². The van der Waals surface area contributed by atoms with Crippen molar-refractivity contribution in [1.82, 2.24) is 9.55 Å². The van der Waals surface area contributed by atoms with Gasteiger partial charge in [0, 0.05) is 11.6 Å². The Labute approximate surface area is 176 Å². The maximum absolute atomic E-state index is 15.2. The van der Waals surface area contributed by atoms with Gasteiger partial charge in [-0.25, -0.2) is 13.6 Å². The van der Waals surface area contributed by atoms with Gasteiger partial charge in [-0.05, 0) is 24.4 Å². The van der Waals surface area contributed by atoms with Gasteiger partial charge in [0.25, 0.3) is 5.85 Å². The molecule has 0 aliphatic carbocycles. The summed E-state index contributed by atoms with van der Waals surface area (Å²) in [5, 5.41) is 11.7. The van der Waals surface area contributed by atoms with Crippen LogP contribution in [0.4, 0.5) is 14.6 Å². The number of aliphatic hydroxyl groups excluding tert-OH is 1. The highest BCUT2D eigenvalue weighted by molar-refractivity contribution is 5.88. The van der Waals surface area contributed by atoms with Crippen molar-refractivity contribution < 1.29 is 28.1 Å². The Balaban J connectivity index is 1.66. The van der Waals surface area contributed by atoms with Gasteiger partial charge in [-0.2, -0.15) is 4.98 Å². The summed E-state index contributed by atoms with van der Waals surface area (Å²) in [7, 11) is 0. The molecule has 0 aliphatic rings. The number of nitrogens with two attached hydrogens (primary N) is 1. The summed E-state index contributed by atoms with van der Waals surface area (Å²) < 4.78 is 45.4. The fourth-order valence-electron chi connectivity index (χ4n) is 2.89. The molecule has 3 rings (SSSR count). The van der Waals surface area contributed by atoms with Crippen LogP contribution in [-0.2, 0) is 9.47 Å². The minimum atomic E-state index is -2.82. The lowest BCUT2D eigenvalue weighted by molar-refractivity contribution is -0.274. The van der Waals surface area contributed by atoms with Crippen molar-refractivity contribution in [3.8, 4) is 5.75 Å². The average Bonchev–Trinajstić information content (AvgIpc) is 2.75. The van der Waals surface area contributed by atoms with Crippen LogP contribution in [0.3, 0.4) is 0 Å². The molecule has 166 valence electrons. The van der Waals surface area contributed by atoms with E-state index < -0.39 is 37.2 Å². The van der Waals surface area contributed by atoms with Crippen LogP contribution in [0.1, 0.15) is 13.2 Å². The Morgan fingerprint density at radius 2 is 1.97 bits per heavy atom. The van der Waals surface area contributed by atoms with Gasteiger partial charge in [0.1, 0.15) is 31.0 Å². The molecule has 0 radical (unpaired) electrons. The molecule has 0 aliphatic heterocycles. The van der Waals surface area contributed by atoms with Crippen LogP contribution in [0.25, 0.3) is 10.8 Å². The monoisotopic (exact) mass is 435 g/mol. The van der Waals surface area contributed by atoms with Gasteiger partial charge < -0.3 is 25.1 Å². The number of ether oxygens (including phenoxy) is 3. The highest BCUT2D eigenvalue weighted by Crippen LogP contribution is 2.27. The van der Waals surface area contributed by atoms with Crippen LogP contribution in [0.2, 0.25) is 0 Å². The summed E-state index contributed by atoms with van der Waals surface area (Å²) in [6.45, 7) is -1.26. The van der Waals surface area contributed by atoms with Crippen LogP contribution in [0.5, 0.6) is 5.75 Å². The number of hydrogen-bond acceptors (Lipinski definition) is 7. The summed E-state index contributed by atoms with van der Waals surface area (Å²) in [5.74, 6) is -2.36. The van der Waals surface area contributed by atoms with Crippen molar-refractivity contribution in [3.05, 3.63) is 65.2 Å². The summed E-state index contributed by atoms with van der Waals surface area (Å²) >= 11 is 0. The van der Waals surface area contributed by atoms with Gasteiger partial charge in [0.05, 0.1) is 0 Å². The minimum absolute atomic E-state index is 0.0742. The van der Waals surface area contributed by atoms with Gasteiger partial charge in [-0.1, -0.05) is 36.4 Å². The molecule has 0 unspecified atom stereocenters. The molecule has 0 saturated carbocycles. The Morgan fingerprint density at radius 3 is 2.68 bits per heavy atom. The number of fused-ring (bicyclic) bond motifs is 1. The summed E-state index contributed by atoms with van der Waals surface area (Å²) in [6.07, 6.45) is -2.25. The van der Waals surface area contributed by atoms with E-state index in [4.69, 9.17) is 19.9 Å². The van der Waals surface area contributed by atoms with Crippen molar-refractivity contribution in [2.24, 2.45) is 0 Å². The topological polar surface area (TPSA) is 109 Å². The van der Waals surface area contributed by atoms with Crippen LogP contribution in [-0.4, -0.2) is 46.7 Å². The van der Waals surface area contributed by atoms with E-state index in [0.29, 0.717) is 5.75 Å². The van der Waals surface area contributed by atoms with E-state index in [1.807, 2.05) is 30.3 Å². The number of hydrogen-bond donors (Lipinski definition) is 2. The van der Waals surface area contributed by atoms with Crippen molar-refractivity contribution in [3.63, 3.8) is 0 Å². The number of nitrogens with zero attached hydrogens (tertiary/aromatic N) is 2. The second kappa shape index (κ2) is 9.82. The van der Waals surface area contributed by atoms with E-state index in [-0.39, 0.29) is 12.6 Å². The Hall–Kier alpha value is -3.08. The van der Waals surface area contributed by atoms with E-state index in [9.17, 15) is 14.3 Å². The predicted molar refractivity (Wildman–Crippen MR) is 110 cm³/mol. The molecule has 3 atom stereocenters. The number of aliphatic hydroxyl groups is 1. The van der Waals surface area contributed by atoms with Crippen LogP contribution in [0.15, 0.2) is 59.5 Å². The van der Waals surface area contributed by atoms with Gasteiger partial charge >= 0.3 is 5.69 Å². The zero-order valence-corrected chi connectivity index (χ0v) is 16.8. The lowest BCUT2D eigenvalue weighted by atomic mass is 10.1. The van der Waals surface area contributed by atoms with Crippen molar-refractivity contribution in [2.45, 2.75) is 25.1 Å². The van der Waals surface area contributed by atoms with E-state index in [1.54, 1.807) is 12.1 Å². The van der Waals surface area contributed by atoms with Gasteiger partial charge in [0.15, 0.2) is 13.0 Å². The number of nitrogen functional groups attached to an aromatic ring is 1.